The van der Waals surface area contributed by atoms with Crippen molar-refractivity contribution < 1.29 is 14.7 Å². The number of carboxylic acids is 1. The van der Waals surface area contributed by atoms with E-state index in [1.807, 2.05) is 29.8 Å². The van der Waals surface area contributed by atoms with Gasteiger partial charge in [0.1, 0.15) is 0 Å². The second-order valence-electron chi connectivity index (χ2n) is 5.64. The highest BCUT2D eigenvalue weighted by atomic mass is 32.1. The first-order valence-corrected chi connectivity index (χ1v) is 7.72. The van der Waals surface area contributed by atoms with Crippen molar-refractivity contribution >= 4 is 23.2 Å². The van der Waals surface area contributed by atoms with Gasteiger partial charge in [-0.15, -0.1) is 0 Å². The van der Waals surface area contributed by atoms with Crippen LogP contribution in [0.3, 0.4) is 0 Å². The Kier molecular flexibility index (Phi) is 3.38. The molecule has 1 amide bonds. The van der Waals surface area contributed by atoms with E-state index >= 15 is 0 Å². The highest BCUT2D eigenvalue weighted by Crippen LogP contribution is 2.48. The summed E-state index contributed by atoms with van der Waals surface area (Å²) in [6.45, 7) is 2.50. The lowest BCUT2D eigenvalue weighted by molar-refractivity contribution is -0.147. The summed E-state index contributed by atoms with van der Waals surface area (Å²) >= 11 is 1.61. The molecule has 1 heterocycles. The van der Waals surface area contributed by atoms with Crippen molar-refractivity contribution in [3.05, 3.63) is 34.0 Å². The van der Waals surface area contributed by atoms with Crippen molar-refractivity contribution in [3.8, 4) is 0 Å². The molecule has 20 heavy (non-hydrogen) atoms. The molecule has 0 radical (unpaired) electrons. The number of hydrogen-bond donors (Lipinski definition) is 2. The Hall–Kier alpha value is -1.62. The molecular formula is C15H17NO3S. The highest BCUT2D eigenvalue weighted by Gasteiger charge is 2.51. The molecule has 0 aromatic carbocycles. The van der Waals surface area contributed by atoms with Crippen molar-refractivity contribution in [1.29, 1.82) is 0 Å². The summed E-state index contributed by atoms with van der Waals surface area (Å²) in [6.07, 6.45) is 4.76. The summed E-state index contributed by atoms with van der Waals surface area (Å²) in [6, 6.07) is 0. The minimum atomic E-state index is -0.853. The van der Waals surface area contributed by atoms with Crippen LogP contribution in [-0.2, 0) is 16.1 Å². The number of rotatable bonds is 4. The summed E-state index contributed by atoms with van der Waals surface area (Å²) in [5.74, 6) is -1.84. The number of nitrogens with one attached hydrogen (secondary N) is 1. The quantitative estimate of drug-likeness (QED) is 0.836. The molecule has 2 N–H and O–H groups in total. The lowest BCUT2D eigenvalue weighted by atomic mass is 9.82. The standard InChI is InChI=1S/C15H17NO3S/c1-8-6-20-7-11(8)5-16-14(17)12-9-2-3-10(4-9)13(12)15(18)19/h2-3,6-7,9-10,12-13H,4-5H2,1H3,(H,16,17)(H,18,19). The molecule has 4 nitrogen and oxygen atoms in total. The van der Waals surface area contributed by atoms with E-state index in [0.29, 0.717) is 6.54 Å². The first-order chi connectivity index (χ1) is 9.58. The van der Waals surface area contributed by atoms with Gasteiger partial charge < -0.3 is 10.4 Å². The summed E-state index contributed by atoms with van der Waals surface area (Å²) in [4.78, 5) is 23.7. The molecule has 0 aliphatic heterocycles. The van der Waals surface area contributed by atoms with E-state index in [1.54, 1.807) is 11.3 Å². The molecule has 0 saturated heterocycles. The Labute approximate surface area is 121 Å². The van der Waals surface area contributed by atoms with Gasteiger partial charge in [0.05, 0.1) is 11.8 Å². The summed E-state index contributed by atoms with van der Waals surface area (Å²) in [5.41, 5.74) is 2.27. The molecule has 106 valence electrons. The second-order valence-corrected chi connectivity index (χ2v) is 6.38. The molecule has 2 bridgehead atoms. The van der Waals surface area contributed by atoms with Gasteiger partial charge >= 0.3 is 5.97 Å². The fraction of sp³-hybridized carbons (Fsp3) is 0.467. The monoisotopic (exact) mass is 291 g/mol. The minimum Gasteiger partial charge on any atom is -0.481 e. The number of thiophene rings is 1. The third-order valence-electron chi connectivity index (χ3n) is 4.46. The zero-order valence-electron chi connectivity index (χ0n) is 11.2. The van der Waals surface area contributed by atoms with Gasteiger partial charge in [0.2, 0.25) is 5.91 Å². The average molecular weight is 291 g/mol. The van der Waals surface area contributed by atoms with Gasteiger partial charge in [0, 0.05) is 6.54 Å². The molecule has 5 heteroatoms. The zero-order valence-corrected chi connectivity index (χ0v) is 12.0. The fourth-order valence-electron chi connectivity index (χ4n) is 3.38. The number of aliphatic carboxylic acids is 1. The van der Waals surface area contributed by atoms with Crippen molar-refractivity contribution in [2.75, 3.05) is 0 Å². The third kappa shape index (κ3) is 2.16. The number of carboxylic acid groups (broad SMARTS) is 1. The topological polar surface area (TPSA) is 66.4 Å². The van der Waals surface area contributed by atoms with Gasteiger partial charge in [-0.05, 0) is 47.1 Å². The maximum atomic E-state index is 12.4. The molecule has 1 saturated carbocycles. The number of hydrogen-bond acceptors (Lipinski definition) is 3. The first-order valence-electron chi connectivity index (χ1n) is 6.78. The van der Waals surface area contributed by atoms with Gasteiger partial charge in [0.15, 0.2) is 0 Å². The Balaban J connectivity index is 1.69. The van der Waals surface area contributed by atoms with E-state index in [9.17, 15) is 14.7 Å². The SMILES string of the molecule is Cc1cscc1CNC(=O)C1C2C=CC(C2)C1C(=O)O. The second kappa shape index (κ2) is 5.05. The normalized spacial score (nSPS) is 30.6. The van der Waals surface area contributed by atoms with Crippen molar-refractivity contribution in [1.82, 2.24) is 5.32 Å². The van der Waals surface area contributed by atoms with Crippen LogP contribution in [0.4, 0.5) is 0 Å². The molecule has 2 aliphatic carbocycles. The summed E-state index contributed by atoms with van der Waals surface area (Å²) < 4.78 is 0. The van der Waals surface area contributed by atoms with Crippen LogP contribution in [0.2, 0.25) is 0 Å². The van der Waals surface area contributed by atoms with Gasteiger partial charge in [-0.1, -0.05) is 12.2 Å². The maximum Gasteiger partial charge on any atom is 0.307 e. The summed E-state index contributed by atoms with van der Waals surface area (Å²) in [7, 11) is 0. The smallest absolute Gasteiger partial charge is 0.307 e. The highest BCUT2D eigenvalue weighted by molar-refractivity contribution is 7.08. The van der Waals surface area contributed by atoms with Gasteiger partial charge in [-0.2, -0.15) is 11.3 Å². The van der Waals surface area contributed by atoms with Crippen LogP contribution < -0.4 is 5.32 Å². The molecule has 1 aromatic rings. The molecule has 4 unspecified atom stereocenters. The summed E-state index contributed by atoms with van der Waals surface area (Å²) in [5, 5.41) is 16.3. The molecule has 1 aromatic heterocycles. The van der Waals surface area contributed by atoms with Crippen LogP contribution in [0.15, 0.2) is 22.9 Å². The predicted molar refractivity (Wildman–Crippen MR) is 76.3 cm³/mol. The van der Waals surface area contributed by atoms with Crippen LogP contribution in [0.5, 0.6) is 0 Å². The Morgan fingerprint density at radius 3 is 2.60 bits per heavy atom. The number of aryl methyl sites for hydroxylation is 1. The van der Waals surface area contributed by atoms with Crippen molar-refractivity contribution in [3.63, 3.8) is 0 Å². The maximum absolute atomic E-state index is 12.4. The fourth-order valence-corrected chi connectivity index (χ4v) is 4.24. The van der Waals surface area contributed by atoms with Gasteiger partial charge in [-0.3, -0.25) is 9.59 Å². The first kappa shape index (κ1) is 13.4. The average Bonchev–Trinajstić information content (AvgIpc) is 3.10. The third-order valence-corrected chi connectivity index (χ3v) is 5.37. The van der Waals surface area contributed by atoms with E-state index in [0.717, 1.165) is 17.5 Å². The molecule has 1 fully saturated rings. The molecule has 0 spiro atoms. The Morgan fingerprint density at radius 1 is 1.30 bits per heavy atom. The molecule has 2 aliphatic rings. The number of carbonyl (C=O) groups excluding carboxylic acids is 1. The van der Waals surface area contributed by atoms with E-state index in [-0.39, 0.29) is 17.7 Å². The number of fused-ring (bicyclic) bond motifs is 2. The van der Waals surface area contributed by atoms with Crippen LogP contribution in [0.1, 0.15) is 17.5 Å². The lowest BCUT2D eigenvalue weighted by Gasteiger charge is -2.23. The Bertz CT molecular complexity index is 577. The van der Waals surface area contributed by atoms with Crippen LogP contribution in [0, 0.1) is 30.6 Å². The minimum absolute atomic E-state index is 0.0242. The van der Waals surface area contributed by atoms with Crippen LogP contribution in [0.25, 0.3) is 0 Å². The van der Waals surface area contributed by atoms with E-state index in [4.69, 9.17) is 0 Å². The van der Waals surface area contributed by atoms with Gasteiger partial charge in [0.25, 0.3) is 0 Å². The van der Waals surface area contributed by atoms with E-state index in [1.165, 1.54) is 0 Å². The van der Waals surface area contributed by atoms with Crippen LogP contribution in [-0.4, -0.2) is 17.0 Å². The van der Waals surface area contributed by atoms with Crippen LogP contribution >= 0.6 is 11.3 Å². The predicted octanol–water partition coefficient (Wildman–Crippen LogP) is 2.20. The van der Waals surface area contributed by atoms with Crippen molar-refractivity contribution in [2.24, 2.45) is 23.7 Å². The molecular weight excluding hydrogens is 274 g/mol. The number of carbonyl (C=O) groups is 2. The number of allylic oxidation sites excluding steroid dienone is 2. The van der Waals surface area contributed by atoms with E-state index in [2.05, 4.69) is 5.32 Å². The lowest BCUT2D eigenvalue weighted by Crippen LogP contribution is -2.39. The molecule has 3 rings (SSSR count). The van der Waals surface area contributed by atoms with Crippen molar-refractivity contribution in [2.45, 2.75) is 19.9 Å². The number of amides is 1. The van der Waals surface area contributed by atoms with Gasteiger partial charge in [-0.25, -0.2) is 0 Å². The largest absolute Gasteiger partial charge is 0.481 e. The molecule has 4 atom stereocenters. The van der Waals surface area contributed by atoms with E-state index < -0.39 is 17.8 Å². The Morgan fingerprint density at radius 2 is 2.00 bits per heavy atom. The zero-order chi connectivity index (χ0) is 14.3.